The summed E-state index contributed by atoms with van der Waals surface area (Å²) in [6.45, 7) is 1.67. The van der Waals surface area contributed by atoms with Crippen LogP contribution in [-0.2, 0) is 22.8 Å². The summed E-state index contributed by atoms with van der Waals surface area (Å²) in [6.07, 6.45) is 0. The van der Waals surface area contributed by atoms with Crippen LogP contribution in [0.15, 0.2) is 18.2 Å². The van der Waals surface area contributed by atoms with E-state index in [4.69, 9.17) is 23.2 Å². The topological polar surface area (TPSA) is 76.9 Å². The highest BCUT2D eigenvalue weighted by Crippen LogP contribution is 2.26. The molecule has 0 saturated heterocycles. The number of hydrogen-bond acceptors (Lipinski definition) is 4. The maximum absolute atomic E-state index is 12.1. The van der Waals surface area contributed by atoms with Crippen molar-refractivity contribution >= 4 is 39.2 Å². The molecule has 0 aliphatic rings. The van der Waals surface area contributed by atoms with Gasteiger partial charge in [-0.05, 0) is 19.1 Å². The van der Waals surface area contributed by atoms with Crippen LogP contribution in [0, 0.1) is 6.92 Å². The lowest BCUT2D eigenvalue weighted by molar-refractivity contribution is 0.599. The molecule has 1 aromatic heterocycles. The summed E-state index contributed by atoms with van der Waals surface area (Å²) in [5.41, 5.74) is 0.349. The number of nitrogens with zero attached hydrogens (tertiary/aromatic N) is 3. The lowest BCUT2D eigenvalue weighted by Gasteiger charge is -2.09. The van der Waals surface area contributed by atoms with E-state index in [9.17, 15) is 8.42 Å². The molecule has 1 N–H and O–H groups in total. The zero-order valence-corrected chi connectivity index (χ0v) is 13.1. The molecule has 0 spiro atoms. The molecule has 108 valence electrons. The van der Waals surface area contributed by atoms with E-state index in [1.165, 1.54) is 4.68 Å². The van der Waals surface area contributed by atoms with Crippen LogP contribution in [0.25, 0.3) is 0 Å². The highest BCUT2D eigenvalue weighted by molar-refractivity contribution is 7.91. The number of aromatic nitrogens is 3. The average molecular weight is 335 g/mol. The van der Waals surface area contributed by atoms with Crippen molar-refractivity contribution in [3.8, 4) is 0 Å². The van der Waals surface area contributed by atoms with Gasteiger partial charge in [0.2, 0.25) is 16.0 Å². The van der Waals surface area contributed by atoms with Crippen LogP contribution in [0.3, 0.4) is 0 Å². The Morgan fingerprint density at radius 1 is 1.30 bits per heavy atom. The van der Waals surface area contributed by atoms with Crippen LogP contribution in [0.2, 0.25) is 10.0 Å². The Labute approximate surface area is 126 Å². The molecule has 0 amide bonds. The summed E-state index contributed by atoms with van der Waals surface area (Å²) in [6, 6.07) is 4.83. The molecular formula is C11H12Cl2N4O2S. The van der Waals surface area contributed by atoms with Gasteiger partial charge in [-0.1, -0.05) is 29.3 Å². The third-order valence-corrected chi connectivity index (χ3v) is 4.38. The van der Waals surface area contributed by atoms with Crippen molar-refractivity contribution in [1.29, 1.82) is 0 Å². The van der Waals surface area contributed by atoms with E-state index in [2.05, 4.69) is 14.8 Å². The van der Waals surface area contributed by atoms with Crippen molar-refractivity contribution in [1.82, 2.24) is 14.8 Å². The summed E-state index contributed by atoms with van der Waals surface area (Å²) in [7, 11) is -2.09. The van der Waals surface area contributed by atoms with Gasteiger partial charge in [-0.2, -0.15) is 10.1 Å². The zero-order chi connectivity index (χ0) is 14.9. The molecule has 0 unspecified atom stereocenters. The predicted octanol–water partition coefficient (Wildman–Crippen LogP) is 2.37. The normalized spacial score (nSPS) is 11.6. The minimum absolute atomic E-state index is 0.144. The number of nitrogens with one attached hydrogen (secondary N) is 1. The van der Waals surface area contributed by atoms with Crippen molar-refractivity contribution in [2.24, 2.45) is 7.05 Å². The molecule has 0 aliphatic heterocycles. The van der Waals surface area contributed by atoms with Gasteiger partial charge in [0.1, 0.15) is 5.82 Å². The minimum atomic E-state index is -3.68. The van der Waals surface area contributed by atoms with Crippen LogP contribution in [0.4, 0.5) is 5.95 Å². The van der Waals surface area contributed by atoms with Crippen molar-refractivity contribution < 1.29 is 8.42 Å². The lowest BCUT2D eigenvalue weighted by atomic mass is 10.2. The zero-order valence-electron chi connectivity index (χ0n) is 10.8. The Hall–Kier alpha value is -1.31. The van der Waals surface area contributed by atoms with Crippen LogP contribution >= 0.6 is 23.2 Å². The first kappa shape index (κ1) is 15.1. The third-order valence-electron chi connectivity index (χ3n) is 2.51. The fourth-order valence-electron chi connectivity index (χ4n) is 1.64. The summed E-state index contributed by atoms with van der Waals surface area (Å²) in [4.78, 5) is 3.98. The molecule has 0 radical (unpaired) electrons. The second-order valence-electron chi connectivity index (χ2n) is 4.17. The highest BCUT2D eigenvalue weighted by atomic mass is 35.5. The van der Waals surface area contributed by atoms with Gasteiger partial charge >= 0.3 is 0 Å². The second-order valence-corrected chi connectivity index (χ2v) is 6.70. The van der Waals surface area contributed by atoms with Crippen LogP contribution in [-0.4, -0.2) is 23.2 Å². The number of rotatable bonds is 4. The molecule has 9 heteroatoms. The quantitative estimate of drug-likeness (QED) is 0.931. The van der Waals surface area contributed by atoms with Crippen molar-refractivity contribution in [2.75, 3.05) is 4.72 Å². The van der Waals surface area contributed by atoms with Gasteiger partial charge in [0.05, 0.1) is 5.75 Å². The van der Waals surface area contributed by atoms with Gasteiger partial charge in [-0.3, -0.25) is 4.72 Å². The van der Waals surface area contributed by atoms with Crippen LogP contribution in [0.1, 0.15) is 11.4 Å². The summed E-state index contributed by atoms with van der Waals surface area (Å²) >= 11 is 11.9. The Morgan fingerprint density at radius 2 is 1.90 bits per heavy atom. The molecule has 0 aliphatic carbocycles. The molecule has 1 aromatic carbocycles. The van der Waals surface area contributed by atoms with Crippen molar-refractivity contribution in [2.45, 2.75) is 12.7 Å². The van der Waals surface area contributed by atoms with Gasteiger partial charge in [-0.15, -0.1) is 0 Å². The first-order valence-electron chi connectivity index (χ1n) is 5.59. The van der Waals surface area contributed by atoms with E-state index in [1.54, 1.807) is 32.2 Å². The lowest BCUT2D eigenvalue weighted by Crippen LogP contribution is -2.18. The van der Waals surface area contributed by atoms with Gasteiger partial charge < -0.3 is 0 Å². The Kier molecular flexibility index (Phi) is 4.22. The van der Waals surface area contributed by atoms with Gasteiger partial charge in [0.15, 0.2) is 0 Å². The molecular weight excluding hydrogens is 323 g/mol. The number of sulfonamides is 1. The van der Waals surface area contributed by atoms with Crippen molar-refractivity contribution in [3.05, 3.63) is 39.6 Å². The Morgan fingerprint density at radius 3 is 2.40 bits per heavy atom. The van der Waals surface area contributed by atoms with Gasteiger partial charge in [0, 0.05) is 22.7 Å². The Bertz CT molecular complexity index is 723. The smallest absolute Gasteiger partial charge is 0.239 e. The molecule has 1 heterocycles. The average Bonchev–Trinajstić information content (AvgIpc) is 2.62. The number of aryl methyl sites for hydroxylation is 2. The van der Waals surface area contributed by atoms with E-state index in [-0.39, 0.29) is 11.7 Å². The molecule has 0 fully saturated rings. The second kappa shape index (κ2) is 5.59. The Balaban J connectivity index is 2.26. The summed E-state index contributed by atoms with van der Waals surface area (Å²) in [5, 5.41) is 4.57. The molecule has 6 nitrogen and oxygen atoms in total. The van der Waals surface area contributed by atoms with Gasteiger partial charge in [-0.25, -0.2) is 13.1 Å². The maximum Gasteiger partial charge on any atom is 0.239 e. The van der Waals surface area contributed by atoms with E-state index in [1.807, 2.05) is 0 Å². The number of hydrogen-bond donors (Lipinski definition) is 1. The van der Waals surface area contributed by atoms with Gasteiger partial charge in [0.25, 0.3) is 0 Å². The number of halogens is 2. The van der Waals surface area contributed by atoms with E-state index in [0.717, 1.165) is 0 Å². The molecule has 20 heavy (non-hydrogen) atoms. The van der Waals surface area contributed by atoms with E-state index < -0.39 is 10.0 Å². The van der Waals surface area contributed by atoms with E-state index >= 15 is 0 Å². The number of anilines is 1. The highest BCUT2D eigenvalue weighted by Gasteiger charge is 2.19. The molecule has 0 saturated carbocycles. The third kappa shape index (κ3) is 3.41. The monoisotopic (exact) mass is 334 g/mol. The molecule has 0 bridgehead atoms. The van der Waals surface area contributed by atoms with Crippen LogP contribution < -0.4 is 4.72 Å². The fourth-order valence-corrected chi connectivity index (χ4v) is 3.55. The minimum Gasteiger partial charge on any atom is -0.251 e. The van der Waals surface area contributed by atoms with E-state index in [0.29, 0.717) is 21.4 Å². The first-order chi connectivity index (χ1) is 9.28. The van der Waals surface area contributed by atoms with Crippen molar-refractivity contribution in [3.63, 3.8) is 0 Å². The molecule has 0 atom stereocenters. The first-order valence-corrected chi connectivity index (χ1v) is 8.00. The largest absolute Gasteiger partial charge is 0.251 e. The SMILES string of the molecule is Cc1nc(NS(=O)(=O)Cc2c(Cl)cccc2Cl)n(C)n1. The van der Waals surface area contributed by atoms with Crippen LogP contribution in [0.5, 0.6) is 0 Å². The summed E-state index contributed by atoms with van der Waals surface area (Å²) < 4.78 is 28.0. The standard InChI is InChI=1S/C11H12Cl2N4O2S/c1-7-14-11(17(2)15-7)16-20(18,19)6-8-9(12)4-3-5-10(8)13/h3-5H,6H2,1-2H3,(H,14,15,16). The maximum atomic E-state index is 12.1. The molecule has 2 rings (SSSR count). The number of benzene rings is 1. The summed E-state index contributed by atoms with van der Waals surface area (Å²) in [5.74, 6) is 0.281. The molecule has 2 aromatic rings. The predicted molar refractivity (Wildman–Crippen MR) is 78.4 cm³/mol. The fraction of sp³-hybridized carbons (Fsp3) is 0.273.